The summed E-state index contributed by atoms with van der Waals surface area (Å²) >= 11 is 0. The molecule has 1 atom stereocenters. The Balaban J connectivity index is 2.40. The molecule has 0 aliphatic carbocycles. The van der Waals surface area contributed by atoms with Crippen molar-refractivity contribution in [3.63, 3.8) is 0 Å². The molecule has 6 heteroatoms. The van der Waals surface area contributed by atoms with E-state index in [1.807, 2.05) is 0 Å². The average molecular weight is 214 g/mol. The van der Waals surface area contributed by atoms with Crippen molar-refractivity contribution in [3.8, 4) is 0 Å². The number of nitrogens with one attached hydrogen (secondary N) is 1. The molecule has 0 bridgehead atoms. The molecular formula is C8H9NO4P+. The van der Waals surface area contributed by atoms with Crippen molar-refractivity contribution in [1.29, 1.82) is 0 Å². The molecule has 1 unspecified atom stereocenters. The molecule has 0 saturated heterocycles. The number of hydrogen-bond acceptors (Lipinski definition) is 3. The standard InChI is InChI=1S/C8H8NO4P/c10-8(9-6-13-14(11)12)7-4-2-1-3-5-7/h1-5H,6H2,(H-,9,10,11,12)/p+1. The van der Waals surface area contributed by atoms with Gasteiger partial charge in [0.2, 0.25) is 0 Å². The lowest BCUT2D eigenvalue weighted by atomic mass is 10.2. The van der Waals surface area contributed by atoms with Crippen LogP contribution in [0.4, 0.5) is 0 Å². The molecule has 0 radical (unpaired) electrons. The highest BCUT2D eigenvalue weighted by Gasteiger charge is 2.12. The molecule has 1 amide bonds. The molecule has 0 spiro atoms. The maximum atomic E-state index is 11.3. The first-order chi connectivity index (χ1) is 6.70. The molecule has 0 saturated carbocycles. The number of rotatable bonds is 4. The predicted molar refractivity (Wildman–Crippen MR) is 49.7 cm³/mol. The number of hydrogen-bond donors (Lipinski definition) is 2. The highest BCUT2D eigenvalue weighted by molar-refractivity contribution is 7.32. The number of carbonyl (C=O) groups is 1. The van der Waals surface area contributed by atoms with Gasteiger partial charge in [-0.25, -0.2) is 0 Å². The van der Waals surface area contributed by atoms with Gasteiger partial charge in [0.05, 0.1) is 0 Å². The van der Waals surface area contributed by atoms with Gasteiger partial charge in [-0.15, -0.1) is 4.89 Å². The zero-order valence-electron chi connectivity index (χ0n) is 7.21. The van der Waals surface area contributed by atoms with Gasteiger partial charge >= 0.3 is 8.25 Å². The topological polar surface area (TPSA) is 75.6 Å². The van der Waals surface area contributed by atoms with Crippen LogP contribution in [-0.4, -0.2) is 17.5 Å². The molecule has 74 valence electrons. The Labute approximate surface area is 81.7 Å². The Morgan fingerprint density at radius 1 is 1.43 bits per heavy atom. The predicted octanol–water partition coefficient (Wildman–Crippen LogP) is 1.04. The van der Waals surface area contributed by atoms with Gasteiger partial charge in [0.1, 0.15) is 0 Å². The second-order valence-electron chi connectivity index (χ2n) is 2.38. The smallest absolute Gasteiger partial charge is 0.325 e. The van der Waals surface area contributed by atoms with Crippen LogP contribution in [0, 0.1) is 0 Å². The van der Waals surface area contributed by atoms with Crippen molar-refractivity contribution in [2.75, 3.05) is 6.73 Å². The van der Waals surface area contributed by atoms with E-state index in [1.165, 1.54) is 0 Å². The van der Waals surface area contributed by atoms with E-state index < -0.39 is 8.25 Å². The molecule has 0 aromatic heterocycles. The fraction of sp³-hybridized carbons (Fsp3) is 0.125. The fourth-order valence-electron chi connectivity index (χ4n) is 0.845. The Kier molecular flexibility index (Phi) is 4.19. The number of benzene rings is 1. The summed E-state index contributed by atoms with van der Waals surface area (Å²) in [7, 11) is -2.66. The Bertz CT molecular complexity index is 327. The van der Waals surface area contributed by atoms with E-state index >= 15 is 0 Å². The van der Waals surface area contributed by atoms with Crippen LogP contribution >= 0.6 is 8.25 Å². The van der Waals surface area contributed by atoms with Crippen molar-refractivity contribution in [2.24, 2.45) is 0 Å². The summed E-state index contributed by atoms with van der Waals surface area (Å²) in [6, 6.07) is 8.51. The van der Waals surface area contributed by atoms with Crippen LogP contribution in [0.3, 0.4) is 0 Å². The van der Waals surface area contributed by atoms with Crippen molar-refractivity contribution in [3.05, 3.63) is 35.9 Å². The minimum absolute atomic E-state index is 0.278. The summed E-state index contributed by atoms with van der Waals surface area (Å²) in [4.78, 5) is 19.5. The van der Waals surface area contributed by atoms with Crippen LogP contribution < -0.4 is 5.32 Å². The third-order valence-corrected chi connectivity index (χ3v) is 1.79. The molecule has 0 fully saturated rings. The summed E-state index contributed by atoms with van der Waals surface area (Å²) in [6.45, 7) is -0.278. The average Bonchev–Trinajstić information content (AvgIpc) is 2.18. The van der Waals surface area contributed by atoms with Crippen molar-refractivity contribution in [2.45, 2.75) is 0 Å². The largest absolute Gasteiger partial charge is 0.696 e. The van der Waals surface area contributed by atoms with Gasteiger partial charge < -0.3 is 5.32 Å². The van der Waals surface area contributed by atoms with Gasteiger partial charge in [0.25, 0.3) is 5.91 Å². The molecule has 0 aliphatic rings. The number of amides is 1. The lowest BCUT2D eigenvalue weighted by Crippen LogP contribution is -2.24. The zero-order valence-corrected chi connectivity index (χ0v) is 8.11. The van der Waals surface area contributed by atoms with Gasteiger partial charge in [0.15, 0.2) is 6.73 Å². The highest BCUT2D eigenvalue weighted by atomic mass is 31.1. The molecule has 1 aromatic carbocycles. The van der Waals surface area contributed by atoms with Gasteiger partial charge in [-0.1, -0.05) is 22.7 Å². The Hall–Kier alpha value is -1.29. The molecule has 2 N–H and O–H groups in total. The highest BCUT2D eigenvalue weighted by Crippen LogP contribution is 2.12. The second kappa shape index (κ2) is 5.44. The lowest BCUT2D eigenvalue weighted by molar-refractivity contribution is 0.0918. The third kappa shape index (κ3) is 3.62. The molecular weight excluding hydrogens is 205 g/mol. The van der Waals surface area contributed by atoms with Crippen LogP contribution in [0.15, 0.2) is 30.3 Å². The molecule has 0 heterocycles. The van der Waals surface area contributed by atoms with Crippen LogP contribution in [0.1, 0.15) is 10.4 Å². The fourth-order valence-corrected chi connectivity index (χ4v) is 1.02. The van der Waals surface area contributed by atoms with Gasteiger partial charge in [-0.2, -0.15) is 0 Å². The molecule has 0 aliphatic heterocycles. The summed E-state index contributed by atoms with van der Waals surface area (Å²) in [5, 5.41) is 2.33. The quantitative estimate of drug-likeness (QED) is 0.580. The zero-order chi connectivity index (χ0) is 10.4. The van der Waals surface area contributed by atoms with E-state index in [2.05, 4.69) is 9.84 Å². The minimum atomic E-state index is -2.66. The molecule has 14 heavy (non-hydrogen) atoms. The summed E-state index contributed by atoms with van der Waals surface area (Å²) in [5.74, 6) is -0.345. The maximum absolute atomic E-state index is 11.3. The number of carbonyl (C=O) groups excluding carboxylic acids is 1. The molecule has 5 nitrogen and oxygen atoms in total. The first kappa shape index (κ1) is 10.8. The minimum Gasteiger partial charge on any atom is -0.325 e. The summed E-state index contributed by atoms with van der Waals surface area (Å²) in [6.07, 6.45) is 0. The summed E-state index contributed by atoms with van der Waals surface area (Å²) in [5.41, 5.74) is 0.476. The SMILES string of the molecule is O=C(NCO[P+](=O)O)c1ccccc1. The molecule has 1 rings (SSSR count). The Morgan fingerprint density at radius 3 is 2.64 bits per heavy atom. The first-order valence-corrected chi connectivity index (χ1v) is 4.95. The molecule has 1 aromatic rings. The van der Waals surface area contributed by atoms with E-state index in [1.54, 1.807) is 30.3 Å². The van der Waals surface area contributed by atoms with Crippen LogP contribution in [-0.2, 0) is 9.09 Å². The second-order valence-corrected chi connectivity index (χ2v) is 3.12. The normalized spacial score (nSPS) is 10.8. The van der Waals surface area contributed by atoms with Gasteiger partial charge in [0, 0.05) is 10.1 Å². The van der Waals surface area contributed by atoms with E-state index in [-0.39, 0.29) is 12.6 Å². The van der Waals surface area contributed by atoms with Crippen LogP contribution in [0.25, 0.3) is 0 Å². The van der Waals surface area contributed by atoms with Crippen molar-refractivity contribution < 1.29 is 18.8 Å². The van der Waals surface area contributed by atoms with Crippen molar-refractivity contribution in [1.82, 2.24) is 5.32 Å². The van der Waals surface area contributed by atoms with Crippen LogP contribution in [0.5, 0.6) is 0 Å². The van der Waals surface area contributed by atoms with Gasteiger partial charge in [-0.05, 0) is 12.1 Å². The Morgan fingerprint density at radius 2 is 2.07 bits per heavy atom. The van der Waals surface area contributed by atoms with Crippen molar-refractivity contribution >= 4 is 14.2 Å². The summed E-state index contributed by atoms with van der Waals surface area (Å²) < 4.78 is 14.4. The third-order valence-electron chi connectivity index (χ3n) is 1.44. The van der Waals surface area contributed by atoms with E-state index in [9.17, 15) is 9.36 Å². The van der Waals surface area contributed by atoms with Gasteiger partial charge in [-0.3, -0.25) is 4.79 Å². The first-order valence-electron chi connectivity index (χ1n) is 3.82. The lowest BCUT2D eigenvalue weighted by Gasteiger charge is -1.99. The van der Waals surface area contributed by atoms with E-state index in [4.69, 9.17) is 4.89 Å². The van der Waals surface area contributed by atoms with E-state index in [0.29, 0.717) is 5.56 Å². The maximum Gasteiger partial charge on any atom is 0.696 e. The van der Waals surface area contributed by atoms with E-state index in [0.717, 1.165) is 0 Å². The van der Waals surface area contributed by atoms with Crippen LogP contribution in [0.2, 0.25) is 0 Å². The monoisotopic (exact) mass is 214 g/mol.